The van der Waals surface area contributed by atoms with Gasteiger partial charge in [-0.1, -0.05) is 11.6 Å². The number of rotatable bonds is 5. The zero-order valence-corrected chi connectivity index (χ0v) is 14.5. The molecule has 102 valence electrons. The second-order valence-electron chi connectivity index (χ2n) is 5.65. The maximum absolute atomic E-state index is 6.03. The molecular weight excluding hydrogens is 359 g/mol. The van der Waals surface area contributed by atoms with E-state index < -0.39 is 0 Å². The van der Waals surface area contributed by atoms with Gasteiger partial charge in [0.1, 0.15) is 0 Å². The number of hydrogen-bond donors (Lipinski definition) is 1. The SMILES string of the molecule is CN(CCNC(C)(C)C)Cc1cc(Cl)ccc1I. The normalized spacial score (nSPS) is 12.2. The Labute approximate surface area is 129 Å². The highest BCUT2D eigenvalue weighted by Gasteiger charge is 2.09. The number of halogens is 2. The fraction of sp³-hybridized carbons (Fsp3) is 0.571. The van der Waals surface area contributed by atoms with Crippen LogP contribution in [0, 0.1) is 3.57 Å². The summed E-state index contributed by atoms with van der Waals surface area (Å²) in [6.45, 7) is 9.52. The first-order chi connectivity index (χ1) is 8.28. The predicted molar refractivity (Wildman–Crippen MR) is 88.3 cm³/mol. The Kier molecular flexibility index (Phi) is 6.38. The van der Waals surface area contributed by atoms with E-state index in [1.807, 2.05) is 6.07 Å². The largest absolute Gasteiger partial charge is 0.311 e. The second kappa shape index (κ2) is 7.08. The summed E-state index contributed by atoms with van der Waals surface area (Å²) in [6.07, 6.45) is 0. The quantitative estimate of drug-likeness (QED) is 0.782. The summed E-state index contributed by atoms with van der Waals surface area (Å²) in [5.74, 6) is 0. The van der Waals surface area contributed by atoms with Crippen molar-refractivity contribution in [2.75, 3.05) is 20.1 Å². The van der Waals surface area contributed by atoms with Crippen LogP contribution in [0.15, 0.2) is 18.2 Å². The molecule has 0 saturated carbocycles. The van der Waals surface area contributed by atoms with Crippen LogP contribution in [0.3, 0.4) is 0 Å². The number of benzene rings is 1. The van der Waals surface area contributed by atoms with Gasteiger partial charge in [0.2, 0.25) is 0 Å². The highest BCUT2D eigenvalue weighted by Crippen LogP contribution is 2.19. The van der Waals surface area contributed by atoms with Crippen LogP contribution in [0.2, 0.25) is 5.02 Å². The number of nitrogens with one attached hydrogen (secondary N) is 1. The number of nitrogens with zero attached hydrogens (tertiary/aromatic N) is 1. The molecule has 4 heteroatoms. The number of likely N-dealkylation sites (N-methyl/N-ethyl adjacent to an activating group) is 1. The summed E-state index contributed by atoms with van der Waals surface area (Å²) in [5.41, 5.74) is 1.48. The molecule has 1 rings (SSSR count). The Balaban J connectivity index is 2.44. The van der Waals surface area contributed by atoms with Crippen LogP contribution in [0.5, 0.6) is 0 Å². The van der Waals surface area contributed by atoms with Crippen LogP contribution in [0.25, 0.3) is 0 Å². The van der Waals surface area contributed by atoms with Crippen molar-refractivity contribution in [1.82, 2.24) is 10.2 Å². The van der Waals surface area contributed by atoms with Gasteiger partial charge in [0.15, 0.2) is 0 Å². The van der Waals surface area contributed by atoms with Gasteiger partial charge in [-0.2, -0.15) is 0 Å². The zero-order valence-electron chi connectivity index (χ0n) is 11.6. The molecule has 0 radical (unpaired) electrons. The molecule has 18 heavy (non-hydrogen) atoms. The van der Waals surface area contributed by atoms with E-state index in [9.17, 15) is 0 Å². The van der Waals surface area contributed by atoms with Crippen molar-refractivity contribution in [1.29, 1.82) is 0 Å². The van der Waals surface area contributed by atoms with E-state index in [-0.39, 0.29) is 5.54 Å². The molecule has 0 fully saturated rings. The van der Waals surface area contributed by atoms with Gasteiger partial charge >= 0.3 is 0 Å². The highest BCUT2D eigenvalue weighted by molar-refractivity contribution is 14.1. The maximum Gasteiger partial charge on any atom is 0.0409 e. The van der Waals surface area contributed by atoms with Gasteiger partial charge in [-0.15, -0.1) is 0 Å². The fourth-order valence-corrected chi connectivity index (χ4v) is 2.36. The summed E-state index contributed by atoms with van der Waals surface area (Å²) >= 11 is 8.39. The molecule has 0 bridgehead atoms. The van der Waals surface area contributed by atoms with Crippen molar-refractivity contribution in [2.45, 2.75) is 32.9 Å². The summed E-state index contributed by atoms with van der Waals surface area (Å²) in [4.78, 5) is 2.31. The number of hydrogen-bond acceptors (Lipinski definition) is 2. The second-order valence-corrected chi connectivity index (χ2v) is 7.25. The minimum absolute atomic E-state index is 0.186. The Bertz CT molecular complexity index is 388. The van der Waals surface area contributed by atoms with E-state index in [4.69, 9.17) is 11.6 Å². The molecule has 0 aliphatic rings. The van der Waals surface area contributed by atoms with E-state index in [2.05, 4.69) is 72.8 Å². The molecule has 0 spiro atoms. The first kappa shape index (κ1) is 16.2. The Morgan fingerprint density at radius 1 is 1.33 bits per heavy atom. The van der Waals surface area contributed by atoms with E-state index >= 15 is 0 Å². The molecule has 1 N–H and O–H groups in total. The van der Waals surface area contributed by atoms with Gasteiger partial charge in [-0.05, 0) is 74.2 Å². The maximum atomic E-state index is 6.03. The van der Waals surface area contributed by atoms with Gasteiger partial charge in [-0.3, -0.25) is 0 Å². The first-order valence-electron chi connectivity index (χ1n) is 6.15. The van der Waals surface area contributed by atoms with Crippen LogP contribution < -0.4 is 5.32 Å². The van der Waals surface area contributed by atoms with Gasteiger partial charge in [0, 0.05) is 33.8 Å². The molecule has 0 aromatic heterocycles. The molecule has 1 aromatic carbocycles. The lowest BCUT2D eigenvalue weighted by molar-refractivity contribution is 0.303. The predicted octanol–water partition coefficient (Wildman–Crippen LogP) is 3.76. The van der Waals surface area contributed by atoms with Crippen molar-refractivity contribution in [2.24, 2.45) is 0 Å². The summed E-state index contributed by atoms with van der Waals surface area (Å²) < 4.78 is 1.27. The molecule has 0 saturated heterocycles. The van der Waals surface area contributed by atoms with Crippen LogP contribution >= 0.6 is 34.2 Å². The molecule has 0 aliphatic carbocycles. The average molecular weight is 381 g/mol. The molecule has 1 aromatic rings. The summed E-state index contributed by atoms with van der Waals surface area (Å²) in [7, 11) is 2.14. The summed E-state index contributed by atoms with van der Waals surface area (Å²) in [5, 5.41) is 4.31. The lowest BCUT2D eigenvalue weighted by Gasteiger charge is -2.24. The third kappa shape index (κ3) is 6.36. The van der Waals surface area contributed by atoms with E-state index in [0.717, 1.165) is 24.7 Å². The van der Waals surface area contributed by atoms with E-state index in [0.29, 0.717) is 0 Å². The van der Waals surface area contributed by atoms with E-state index in [1.165, 1.54) is 9.13 Å². The van der Waals surface area contributed by atoms with Crippen LogP contribution in [0.4, 0.5) is 0 Å². The Morgan fingerprint density at radius 3 is 2.61 bits per heavy atom. The molecule has 0 atom stereocenters. The van der Waals surface area contributed by atoms with Crippen LogP contribution in [-0.2, 0) is 6.54 Å². The van der Waals surface area contributed by atoms with E-state index in [1.54, 1.807) is 0 Å². The smallest absolute Gasteiger partial charge is 0.0409 e. The third-order valence-corrected chi connectivity index (χ3v) is 3.88. The van der Waals surface area contributed by atoms with Crippen LogP contribution in [0.1, 0.15) is 26.3 Å². The third-order valence-electron chi connectivity index (χ3n) is 2.60. The van der Waals surface area contributed by atoms with Crippen molar-refractivity contribution in [3.8, 4) is 0 Å². The minimum atomic E-state index is 0.186. The monoisotopic (exact) mass is 380 g/mol. The molecule has 0 aliphatic heterocycles. The van der Waals surface area contributed by atoms with Crippen molar-refractivity contribution >= 4 is 34.2 Å². The lowest BCUT2D eigenvalue weighted by Crippen LogP contribution is -2.40. The average Bonchev–Trinajstić information content (AvgIpc) is 2.21. The van der Waals surface area contributed by atoms with Gasteiger partial charge in [-0.25, -0.2) is 0 Å². The molecule has 2 nitrogen and oxygen atoms in total. The van der Waals surface area contributed by atoms with Gasteiger partial charge in [0.25, 0.3) is 0 Å². The van der Waals surface area contributed by atoms with Crippen molar-refractivity contribution in [3.05, 3.63) is 32.4 Å². The Hall–Kier alpha value is 0.160. The molecular formula is C14H22ClIN2. The standard InChI is InChI=1S/C14H22ClIN2/c1-14(2,3)17-7-8-18(4)10-11-9-12(15)5-6-13(11)16/h5-6,9,17H,7-8,10H2,1-4H3. The first-order valence-corrected chi connectivity index (χ1v) is 7.61. The van der Waals surface area contributed by atoms with Gasteiger partial charge in [0.05, 0.1) is 0 Å². The van der Waals surface area contributed by atoms with Crippen LogP contribution in [-0.4, -0.2) is 30.6 Å². The zero-order chi connectivity index (χ0) is 13.8. The molecule has 0 heterocycles. The highest BCUT2D eigenvalue weighted by atomic mass is 127. The topological polar surface area (TPSA) is 15.3 Å². The minimum Gasteiger partial charge on any atom is -0.311 e. The molecule has 0 amide bonds. The van der Waals surface area contributed by atoms with Gasteiger partial charge < -0.3 is 10.2 Å². The Morgan fingerprint density at radius 2 is 2.00 bits per heavy atom. The van der Waals surface area contributed by atoms with Crippen molar-refractivity contribution in [3.63, 3.8) is 0 Å². The summed E-state index contributed by atoms with van der Waals surface area (Å²) in [6, 6.07) is 6.06. The fourth-order valence-electron chi connectivity index (χ4n) is 1.66. The molecule has 0 unspecified atom stereocenters. The van der Waals surface area contributed by atoms with Crippen molar-refractivity contribution < 1.29 is 0 Å². The lowest BCUT2D eigenvalue weighted by atomic mass is 10.1.